The number of aliphatic hydroxyl groups is 1. The Morgan fingerprint density at radius 1 is 1.53 bits per heavy atom. The van der Waals surface area contributed by atoms with Gasteiger partial charge >= 0.3 is 0 Å². The highest BCUT2D eigenvalue weighted by atomic mass is 35.5. The Morgan fingerprint density at radius 3 is 2.89 bits per heavy atom. The summed E-state index contributed by atoms with van der Waals surface area (Å²) in [7, 11) is 0. The minimum atomic E-state index is -0.00175. The second-order valence-corrected chi connectivity index (χ2v) is 5.90. The Bertz CT molecular complexity index is 463. The molecule has 1 fully saturated rings. The monoisotopic (exact) mass is 281 g/mol. The molecule has 0 bridgehead atoms. The van der Waals surface area contributed by atoms with Gasteiger partial charge < -0.3 is 10.4 Å². The molecule has 4 unspecified atom stereocenters. The fourth-order valence-corrected chi connectivity index (χ4v) is 2.42. The van der Waals surface area contributed by atoms with Crippen LogP contribution in [0.25, 0.3) is 0 Å². The molecule has 0 spiro atoms. The maximum absolute atomic E-state index is 12.1. The minimum Gasteiger partial charge on any atom is -0.396 e. The maximum atomic E-state index is 12.1. The Labute approximate surface area is 119 Å². The van der Waals surface area contributed by atoms with Gasteiger partial charge in [-0.2, -0.15) is 0 Å². The van der Waals surface area contributed by atoms with E-state index >= 15 is 0 Å². The van der Waals surface area contributed by atoms with Gasteiger partial charge in [-0.1, -0.05) is 30.7 Å². The van der Waals surface area contributed by atoms with Gasteiger partial charge in [-0.3, -0.25) is 4.79 Å². The zero-order chi connectivity index (χ0) is 14.0. The zero-order valence-electron chi connectivity index (χ0n) is 11.3. The lowest BCUT2D eigenvalue weighted by Gasteiger charge is -2.19. The molecule has 0 aromatic heterocycles. The van der Waals surface area contributed by atoms with E-state index in [4.69, 9.17) is 16.7 Å². The van der Waals surface area contributed by atoms with Gasteiger partial charge in [0.25, 0.3) is 0 Å². The molecule has 2 N–H and O–H groups in total. The third-order valence-electron chi connectivity index (χ3n) is 3.92. The Hall–Kier alpha value is -1.06. The molecule has 1 aromatic carbocycles. The molecule has 2 rings (SSSR count). The van der Waals surface area contributed by atoms with Crippen molar-refractivity contribution >= 4 is 17.5 Å². The normalized spacial score (nSPS) is 24.6. The van der Waals surface area contributed by atoms with Crippen LogP contribution in [0.1, 0.15) is 31.7 Å². The van der Waals surface area contributed by atoms with E-state index in [9.17, 15) is 4.79 Å². The van der Waals surface area contributed by atoms with Gasteiger partial charge in [0.1, 0.15) is 0 Å². The van der Waals surface area contributed by atoms with Crippen LogP contribution in [0.5, 0.6) is 0 Å². The van der Waals surface area contributed by atoms with Crippen molar-refractivity contribution in [2.45, 2.75) is 32.2 Å². The van der Waals surface area contributed by atoms with E-state index in [0.717, 1.165) is 12.0 Å². The summed E-state index contributed by atoms with van der Waals surface area (Å²) < 4.78 is 0. The van der Waals surface area contributed by atoms with Crippen molar-refractivity contribution in [3.63, 3.8) is 0 Å². The van der Waals surface area contributed by atoms with Gasteiger partial charge in [-0.05, 0) is 42.9 Å². The Balaban J connectivity index is 1.90. The van der Waals surface area contributed by atoms with Crippen molar-refractivity contribution in [3.8, 4) is 0 Å². The van der Waals surface area contributed by atoms with Gasteiger partial charge in [-0.15, -0.1) is 0 Å². The van der Waals surface area contributed by atoms with E-state index in [0.29, 0.717) is 5.02 Å². The van der Waals surface area contributed by atoms with Crippen molar-refractivity contribution in [1.82, 2.24) is 5.32 Å². The highest BCUT2D eigenvalue weighted by Gasteiger charge is 2.44. The van der Waals surface area contributed by atoms with Crippen LogP contribution in [0.3, 0.4) is 0 Å². The summed E-state index contributed by atoms with van der Waals surface area (Å²) in [6, 6.07) is 7.70. The molecular formula is C15H20ClNO2. The van der Waals surface area contributed by atoms with Crippen molar-refractivity contribution in [2.24, 2.45) is 11.8 Å². The second-order valence-electron chi connectivity index (χ2n) is 5.46. The quantitative estimate of drug-likeness (QED) is 0.871. The number of hydrogen-bond donors (Lipinski definition) is 2. The molecule has 1 aliphatic rings. The van der Waals surface area contributed by atoms with E-state index in [1.54, 1.807) is 0 Å². The number of halogens is 1. The summed E-state index contributed by atoms with van der Waals surface area (Å²) in [5.74, 6) is 0.493. The largest absolute Gasteiger partial charge is 0.396 e. The lowest BCUT2D eigenvalue weighted by molar-refractivity contribution is -0.123. The topological polar surface area (TPSA) is 49.3 Å². The standard InChI is InChI=1S/C15H20ClNO2/c1-9(8-18)10(2)17-15(19)14-7-13(14)11-4-3-5-12(16)6-11/h3-6,9-10,13-14,18H,7-8H2,1-2H3,(H,17,19). The van der Waals surface area contributed by atoms with Crippen LogP contribution < -0.4 is 5.32 Å². The molecular weight excluding hydrogens is 262 g/mol. The first-order valence-corrected chi connectivity index (χ1v) is 7.07. The van der Waals surface area contributed by atoms with Crippen LogP contribution in [0.2, 0.25) is 5.02 Å². The van der Waals surface area contributed by atoms with Crippen LogP contribution in [0.15, 0.2) is 24.3 Å². The average Bonchev–Trinajstić information content (AvgIpc) is 3.18. The molecule has 0 aliphatic heterocycles. The number of hydrogen-bond acceptors (Lipinski definition) is 2. The highest BCUT2D eigenvalue weighted by molar-refractivity contribution is 6.30. The maximum Gasteiger partial charge on any atom is 0.223 e. The summed E-state index contributed by atoms with van der Waals surface area (Å²) in [5, 5.41) is 12.8. The van der Waals surface area contributed by atoms with Crippen molar-refractivity contribution in [2.75, 3.05) is 6.61 Å². The number of rotatable bonds is 5. The molecule has 4 atom stereocenters. The minimum absolute atomic E-state index is 0.00175. The molecule has 0 heterocycles. The van der Waals surface area contributed by atoms with Gasteiger partial charge in [0.15, 0.2) is 0 Å². The molecule has 1 saturated carbocycles. The summed E-state index contributed by atoms with van der Waals surface area (Å²) in [4.78, 5) is 12.1. The molecule has 104 valence electrons. The second kappa shape index (κ2) is 5.93. The number of aliphatic hydroxyl groups excluding tert-OH is 1. The van der Waals surface area contributed by atoms with E-state index in [1.165, 1.54) is 0 Å². The highest BCUT2D eigenvalue weighted by Crippen LogP contribution is 2.48. The first-order valence-electron chi connectivity index (χ1n) is 6.69. The molecule has 3 nitrogen and oxygen atoms in total. The van der Waals surface area contributed by atoms with E-state index in [-0.39, 0.29) is 36.3 Å². The fourth-order valence-electron chi connectivity index (χ4n) is 2.22. The summed E-state index contributed by atoms with van der Waals surface area (Å²) in [6.07, 6.45) is 0.881. The third kappa shape index (κ3) is 3.48. The Kier molecular flexibility index (Phi) is 4.48. The molecule has 0 radical (unpaired) electrons. The van der Waals surface area contributed by atoms with Crippen LogP contribution in [-0.2, 0) is 4.79 Å². The number of carbonyl (C=O) groups is 1. The first kappa shape index (κ1) is 14.4. The molecule has 1 amide bonds. The van der Waals surface area contributed by atoms with Gasteiger partial charge in [0.2, 0.25) is 5.91 Å². The number of carbonyl (C=O) groups excluding carboxylic acids is 1. The predicted molar refractivity (Wildman–Crippen MR) is 76.2 cm³/mol. The smallest absolute Gasteiger partial charge is 0.223 e. The lowest BCUT2D eigenvalue weighted by atomic mass is 10.0. The average molecular weight is 282 g/mol. The van der Waals surface area contributed by atoms with Gasteiger partial charge in [-0.25, -0.2) is 0 Å². The molecule has 0 saturated heterocycles. The summed E-state index contributed by atoms with van der Waals surface area (Å²) in [5.41, 5.74) is 1.13. The van der Waals surface area contributed by atoms with E-state index in [2.05, 4.69) is 5.32 Å². The van der Waals surface area contributed by atoms with Crippen molar-refractivity contribution in [1.29, 1.82) is 0 Å². The van der Waals surface area contributed by atoms with Crippen LogP contribution in [-0.4, -0.2) is 23.7 Å². The van der Waals surface area contributed by atoms with Crippen molar-refractivity contribution in [3.05, 3.63) is 34.9 Å². The molecule has 19 heavy (non-hydrogen) atoms. The predicted octanol–water partition coefficient (Wildman–Crippen LogP) is 2.58. The molecule has 1 aliphatic carbocycles. The van der Waals surface area contributed by atoms with Gasteiger partial charge in [0.05, 0.1) is 0 Å². The third-order valence-corrected chi connectivity index (χ3v) is 4.15. The number of benzene rings is 1. The van der Waals surface area contributed by atoms with Gasteiger partial charge in [0, 0.05) is 23.6 Å². The first-order chi connectivity index (χ1) is 9.02. The number of amides is 1. The Morgan fingerprint density at radius 2 is 2.26 bits per heavy atom. The summed E-state index contributed by atoms with van der Waals surface area (Å²) in [6.45, 7) is 3.94. The SMILES string of the molecule is CC(CO)C(C)NC(=O)C1CC1c1cccc(Cl)c1. The van der Waals surface area contributed by atoms with Crippen LogP contribution >= 0.6 is 11.6 Å². The van der Waals surface area contributed by atoms with Crippen LogP contribution in [0, 0.1) is 11.8 Å². The zero-order valence-corrected chi connectivity index (χ0v) is 12.0. The van der Waals surface area contributed by atoms with E-state index in [1.807, 2.05) is 38.1 Å². The lowest BCUT2D eigenvalue weighted by Crippen LogP contribution is -2.39. The molecule has 4 heteroatoms. The van der Waals surface area contributed by atoms with Crippen LogP contribution in [0.4, 0.5) is 0 Å². The fraction of sp³-hybridized carbons (Fsp3) is 0.533. The van der Waals surface area contributed by atoms with E-state index < -0.39 is 0 Å². The molecule has 1 aromatic rings. The number of nitrogens with one attached hydrogen (secondary N) is 1. The summed E-state index contributed by atoms with van der Waals surface area (Å²) >= 11 is 5.96. The van der Waals surface area contributed by atoms with Crippen molar-refractivity contribution < 1.29 is 9.90 Å².